The average Bonchev–Trinajstić information content (AvgIpc) is 2.21. The van der Waals surface area contributed by atoms with Crippen molar-refractivity contribution < 1.29 is 14.6 Å². The third-order valence-electron chi connectivity index (χ3n) is 3.29. The van der Waals surface area contributed by atoms with Crippen molar-refractivity contribution in [3.05, 3.63) is 0 Å². The molecule has 0 amide bonds. The van der Waals surface area contributed by atoms with E-state index in [1.54, 1.807) is 7.11 Å². The van der Waals surface area contributed by atoms with E-state index in [1.807, 2.05) is 6.92 Å². The molecule has 1 fully saturated rings. The van der Waals surface area contributed by atoms with Crippen LogP contribution in [0.5, 0.6) is 0 Å². The van der Waals surface area contributed by atoms with Crippen LogP contribution in [0, 0.1) is 5.92 Å². The molecule has 4 heteroatoms. The Labute approximate surface area is 105 Å². The summed E-state index contributed by atoms with van der Waals surface area (Å²) in [6.45, 7) is 4.71. The summed E-state index contributed by atoms with van der Waals surface area (Å²) in [6.07, 6.45) is 3.72. The number of aliphatic hydroxyl groups is 1. The van der Waals surface area contributed by atoms with Crippen LogP contribution in [0.15, 0.2) is 0 Å². The van der Waals surface area contributed by atoms with Gasteiger partial charge in [-0.3, -0.25) is 0 Å². The van der Waals surface area contributed by atoms with Gasteiger partial charge in [0.2, 0.25) is 0 Å². The number of hydrogen-bond donors (Lipinski definition) is 1. The van der Waals surface area contributed by atoms with Crippen molar-refractivity contribution in [1.82, 2.24) is 4.90 Å². The second kappa shape index (κ2) is 8.03. The van der Waals surface area contributed by atoms with E-state index in [0.717, 1.165) is 12.5 Å². The third-order valence-corrected chi connectivity index (χ3v) is 3.29. The number of aliphatic hydroxyl groups excluding tert-OH is 1. The molecule has 0 aromatic carbocycles. The van der Waals surface area contributed by atoms with Crippen LogP contribution in [-0.2, 0) is 9.47 Å². The van der Waals surface area contributed by atoms with Gasteiger partial charge in [0.15, 0.2) is 0 Å². The van der Waals surface area contributed by atoms with E-state index in [4.69, 9.17) is 9.47 Å². The molecule has 1 N–H and O–H groups in total. The topological polar surface area (TPSA) is 41.9 Å². The molecule has 0 saturated heterocycles. The molecule has 1 saturated carbocycles. The second-order valence-electron chi connectivity index (χ2n) is 5.27. The SMILES string of the molecule is COCC(C)OCC(O)CN(C)CC1CCC1. The van der Waals surface area contributed by atoms with Gasteiger partial charge in [-0.1, -0.05) is 6.42 Å². The molecule has 0 spiro atoms. The van der Waals surface area contributed by atoms with Crippen molar-refractivity contribution in [2.75, 3.05) is 40.5 Å². The molecule has 17 heavy (non-hydrogen) atoms. The lowest BCUT2D eigenvalue weighted by Gasteiger charge is -2.31. The lowest BCUT2D eigenvalue weighted by Crippen LogP contribution is -2.37. The zero-order valence-corrected chi connectivity index (χ0v) is 11.4. The molecule has 1 aliphatic rings. The Morgan fingerprint density at radius 2 is 2.06 bits per heavy atom. The Hall–Kier alpha value is -0.160. The quantitative estimate of drug-likeness (QED) is 0.661. The van der Waals surface area contributed by atoms with Crippen LogP contribution in [0.3, 0.4) is 0 Å². The lowest BCUT2D eigenvalue weighted by molar-refractivity contribution is -0.0393. The normalized spacial score (nSPS) is 20.3. The lowest BCUT2D eigenvalue weighted by atomic mass is 9.85. The van der Waals surface area contributed by atoms with Crippen LogP contribution < -0.4 is 0 Å². The first kappa shape index (κ1) is 14.9. The van der Waals surface area contributed by atoms with Gasteiger partial charge in [-0.15, -0.1) is 0 Å². The van der Waals surface area contributed by atoms with E-state index in [2.05, 4.69) is 11.9 Å². The molecule has 0 aliphatic heterocycles. The van der Waals surface area contributed by atoms with E-state index in [0.29, 0.717) is 19.8 Å². The number of likely N-dealkylation sites (N-methyl/N-ethyl adjacent to an activating group) is 1. The predicted octanol–water partition coefficient (Wildman–Crippen LogP) is 1.13. The van der Waals surface area contributed by atoms with Gasteiger partial charge in [0.25, 0.3) is 0 Å². The molecule has 0 bridgehead atoms. The molecule has 2 atom stereocenters. The van der Waals surface area contributed by atoms with Gasteiger partial charge >= 0.3 is 0 Å². The van der Waals surface area contributed by atoms with Crippen molar-refractivity contribution in [3.8, 4) is 0 Å². The predicted molar refractivity (Wildman–Crippen MR) is 68.1 cm³/mol. The molecule has 0 radical (unpaired) electrons. The molecule has 0 heterocycles. The van der Waals surface area contributed by atoms with E-state index in [-0.39, 0.29) is 6.10 Å². The third kappa shape index (κ3) is 6.36. The van der Waals surface area contributed by atoms with Crippen LogP contribution in [-0.4, -0.2) is 62.7 Å². The Morgan fingerprint density at radius 1 is 1.35 bits per heavy atom. The molecule has 1 aliphatic carbocycles. The van der Waals surface area contributed by atoms with Crippen LogP contribution >= 0.6 is 0 Å². The minimum atomic E-state index is -0.403. The van der Waals surface area contributed by atoms with Gasteiger partial charge in [0, 0.05) is 20.2 Å². The minimum Gasteiger partial charge on any atom is -0.389 e. The van der Waals surface area contributed by atoms with Crippen LogP contribution in [0.1, 0.15) is 26.2 Å². The molecule has 0 aromatic heterocycles. The second-order valence-corrected chi connectivity index (χ2v) is 5.27. The van der Waals surface area contributed by atoms with Gasteiger partial charge in [-0.25, -0.2) is 0 Å². The number of rotatable bonds is 9. The number of methoxy groups -OCH3 is 1. The fourth-order valence-electron chi connectivity index (χ4n) is 2.16. The van der Waals surface area contributed by atoms with Crippen LogP contribution in [0.4, 0.5) is 0 Å². The van der Waals surface area contributed by atoms with Gasteiger partial charge in [-0.2, -0.15) is 0 Å². The van der Waals surface area contributed by atoms with E-state index in [1.165, 1.54) is 19.3 Å². The average molecular weight is 245 g/mol. The number of ether oxygens (including phenoxy) is 2. The summed E-state index contributed by atoms with van der Waals surface area (Å²) in [7, 11) is 3.73. The fraction of sp³-hybridized carbons (Fsp3) is 1.00. The fourth-order valence-corrected chi connectivity index (χ4v) is 2.16. The zero-order chi connectivity index (χ0) is 12.7. The van der Waals surface area contributed by atoms with Gasteiger partial charge in [-0.05, 0) is 32.7 Å². The maximum absolute atomic E-state index is 9.83. The molecular weight excluding hydrogens is 218 g/mol. The zero-order valence-electron chi connectivity index (χ0n) is 11.4. The van der Waals surface area contributed by atoms with Crippen molar-refractivity contribution in [2.45, 2.75) is 38.4 Å². The van der Waals surface area contributed by atoms with Crippen molar-refractivity contribution >= 4 is 0 Å². The highest BCUT2D eigenvalue weighted by atomic mass is 16.5. The van der Waals surface area contributed by atoms with Gasteiger partial charge < -0.3 is 19.5 Å². The first-order chi connectivity index (χ1) is 8.11. The molecule has 2 unspecified atom stereocenters. The van der Waals surface area contributed by atoms with Crippen LogP contribution in [0.25, 0.3) is 0 Å². The standard InChI is InChI=1S/C13H27NO3/c1-11(9-16-3)17-10-13(15)8-14(2)7-12-5-4-6-12/h11-13,15H,4-10H2,1-3H3. The smallest absolute Gasteiger partial charge is 0.0900 e. The van der Waals surface area contributed by atoms with Gasteiger partial charge in [0.1, 0.15) is 0 Å². The Morgan fingerprint density at radius 3 is 2.59 bits per heavy atom. The highest BCUT2D eigenvalue weighted by Gasteiger charge is 2.20. The van der Waals surface area contributed by atoms with E-state index in [9.17, 15) is 5.11 Å². The molecule has 1 rings (SSSR count). The highest BCUT2D eigenvalue weighted by Crippen LogP contribution is 2.26. The van der Waals surface area contributed by atoms with E-state index >= 15 is 0 Å². The highest BCUT2D eigenvalue weighted by molar-refractivity contribution is 4.73. The number of nitrogens with zero attached hydrogens (tertiary/aromatic N) is 1. The van der Waals surface area contributed by atoms with Gasteiger partial charge in [0.05, 0.1) is 25.4 Å². The monoisotopic (exact) mass is 245 g/mol. The van der Waals surface area contributed by atoms with Crippen molar-refractivity contribution in [3.63, 3.8) is 0 Å². The first-order valence-electron chi connectivity index (χ1n) is 6.59. The van der Waals surface area contributed by atoms with Crippen LogP contribution in [0.2, 0.25) is 0 Å². The summed E-state index contributed by atoms with van der Waals surface area (Å²) in [6, 6.07) is 0. The molecule has 0 aromatic rings. The summed E-state index contributed by atoms with van der Waals surface area (Å²) in [5.41, 5.74) is 0. The Balaban J connectivity index is 2.04. The maximum atomic E-state index is 9.83. The molecule has 102 valence electrons. The maximum Gasteiger partial charge on any atom is 0.0900 e. The Bertz CT molecular complexity index is 197. The van der Waals surface area contributed by atoms with Crippen molar-refractivity contribution in [1.29, 1.82) is 0 Å². The molecular formula is C13H27NO3. The summed E-state index contributed by atoms with van der Waals surface area (Å²) in [5.74, 6) is 0.848. The summed E-state index contributed by atoms with van der Waals surface area (Å²) in [4.78, 5) is 2.21. The molecule has 4 nitrogen and oxygen atoms in total. The minimum absolute atomic E-state index is 0.0478. The van der Waals surface area contributed by atoms with Crippen molar-refractivity contribution in [2.24, 2.45) is 5.92 Å². The summed E-state index contributed by atoms with van der Waals surface area (Å²) >= 11 is 0. The largest absolute Gasteiger partial charge is 0.389 e. The first-order valence-corrected chi connectivity index (χ1v) is 6.59. The Kier molecular flexibility index (Phi) is 7.04. The summed E-state index contributed by atoms with van der Waals surface area (Å²) < 4.78 is 10.5. The summed E-state index contributed by atoms with van der Waals surface area (Å²) in [5, 5.41) is 9.83. The number of hydrogen-bond acceptors (Lipinski definition) is 4. The van der Waals surface area contributed by atoms with E-state index < -0.39 is 6.10 Å².